The largest absolute Gasteiger partial charge is 0.497 e. The summed E-state index contributed by atoms with van der Waals surface area (Å²) in [5, 5.41) is 11.5. The third kappa shape index (κ3) is 5.50. The van der Waals surface area contributed by atoms with Crippen molar-refractivity contribution in [1.82, 2.24) is 10.3 Å². The van der Waals surface area contributed by atoms with Crippen LogP contribution in [0.15, 0.2) is 60.0 Å². The summed E-state index contributed by atoms with van der Waals surface area (Å²) in [6, 6.07) is 17.1. The van der Waals surface area contributed by atoms with Gasteiger partial charge in [0.15, 0.2) is 10.2 Å². The Morgan fingerprint density at radius 3 is 2.56 bits per heavy atom. The van der Waals surface area contributed by atoms with Gasteiger partial charge in [-0.25, -0.2) is 4.98 Å². The van der Waals surface area contributed by atoms with Crippen molar-refractivity contribution < 1.29 is 9.53 Å². The Morgan fingerprint density at radius 1 is 1.11 bits per heavy atom. The van der Waals surface area contributed by atoms with Gasteiger partial charge in [-0.3, -0.25) is 4.79 Å². The smallest absolute Gasteiger partial charge is 0.271 e. The van der Waals surface area contributed by atoms with Gasteiger partial charge in [-0.1, -0.05) is 30.3 Å². The molecule has 0 radical (unpaired) electrons. The lowest BCUT2D eigenvalue weighted by Gasteiger charge is -2.08. The molecule has 0 aliphatic carbocycles. The molecule has 138 valence electrons. The van der Waals surface area contributed by atoms with Crippen LogP contribution in [0, 0.1) is 0 Å². The van der Waals surface area contributed by atoms with Crippen molar-refractivity contribution >= 4 is 45.4 Å². The van der Waals surface area contributed by atoms with E-state index < -0.39 is 0 Å². The van der Waals surface area contributed by atoms with E-state index in [-0.39, 0.29) is 5.91 Å². The summed E-state index contributed by atoms with van der Waals surface area (Å²) in [6.45, 7) is 0.456. The number of methoxy groups -OCH3 is 1. The molecule has 8 heteroatoms. The number of hydrogen-bond acceptors (Lipinski definition) is 5. The zero-order chi connectivity index (χ0) is 19.1. The third-order valence-corrected chi connectivity index (χ3v) is 4.56. The average Bonchev–Trinajstić information content (AvgIpc) is 3.16. The second kappa shape index (κ2) is 9.11. The maximum Gasteiger partial charge on any atom is 0.271 e. The van der Waals surface area contributed by atoms with Crippen LogP contribution in [0.5, 0.6) is 5.75 Å². The Morgan fingerprint density at radius 2 is 1.85 bits per heavy atom. The van der Waals surface area contributed by atoms with Crippen LogP contribution in [0.4, 0.5) is 10.8 Å². The molecule has 0 saturated carbocycles. The van der Waals surface area contributed by atoms with Gasteiger partial charge in [-0.05, 0) is 42.0 Å². The lowest BCUT2D eigenvalue weighted by atomic mass is 10.2. The summed E-state index contributed by atoms with van der Waals surface area (Å²) in [6.07, 6.45) is 0. The van der Waals surface area contributed by atoms with Gasteiger partial charge in [0, 0.05) is 17.6 Å². The fourth-order valence-electron chi connectivity index (χ4n) is 2.24. The topological polar surface area (TPSA) is 75.3 Å². The lowest BCUT2D eigenvalue weighted by Crippen LogP contribution is -2.23. The summed E-state index contributed by atoms with van der Waals surface area (Å²) in [5.41, 5.74) is 2.21. The second-order valence-electron chi connectivity index (χ2n) is 5.51. The normalized spacial score (nSPS) is 10.1. The van der Waals surface area contributed by atoms with Crippen molar-refractivity contribution in [2.45, 2.75) is 6.54 Å². The van der Waals surface area contributed by atoms with Crippen molar-refractivity contribution in [3.63, 3.8) is 0 Å². The first-order valence-corrected chi connectivity index (χ1v) is 9.42. The van der Waals surface area contributed by atoms with Crippen molar-refractivity contribution in [2.24, 2.45) is 0 Å². The van der Waals surface area contributed by atoms with Crippen LogP contribution < -0.4 is 20.7 Å². The highest BCUT2D eigenvalue weighted by Gasteiger charge is 2.11. The van der Waals surface area contributed by atoms with E-state index in [4.69, 9.17) is 17.0 Å². The molecule has 0 aliphatic heterocycles. The van der Waals surface area contributed by atoms with E-state index in [0.717, 1.165) is 17.0 Å². The third-order valence-electron chi connectivity index (χ3n) is 3.60. The first kappa shape index (κ1) is 18.8. The molecule has 0 bridgehead atoms. The summed E-state index contributed by atoms with van der Waals surface area (Å²) in [5.74, 6) is 0.544. The number of hydrogen-bond donors (Lipinski definition) is 3. The predicted octanol–water partition coefficient (Wildman–Crippen LogP) is 3.89. The van der Waals surface area contributed by atoms with Gasteiger partial charge >= 0.3 is 0 Å². The van der Waals surface area contributed by atoms with Gasteiger partial charge in [-0.2, -0.15) is 0 Å². The van der Waals surface area contributed by atoms with Crippen molar-refractivity contribution in [2.75, 3.05) is 17.7 Å². The molecule has 0 saturated heterocycles. The Hall–Kier alpha value is -2.97. The molecule has 3 aromatic rings. The summed E-state index contributed by atoms with van der Waals surface area (Å²) >= 11 is 6.60. The molecule has 3 N–H and O–H groups in total. The fourth-order valence-corrected chi connectivity index (χ4v) is 3.21. The van der Waals surface area contributed by atoms with Crippen LogP contribution in [0.3, 0.4) is 0 Å². The number of thiazole rings is 1. The molecule has 0 aliphatic rings. The first-order valence-electron chi connectivity index (χ1n) is 8.14. The number of benzene rings is 2. The van der Waals surface area contributed by atoms with Gasteiger partial charge in [0.25, 0.3) is 5.91 Å². The van der Waals surface area contributed by atoms with Crippen molar-refractivity contribution in [1.29, 1.82) is 0 Å². The molecule has 0 fully saturated rings. The van der Waals surface area contributed by atoms with E-state index in [1.54, 1.807) is 12.5 Å². The van der Waals surface area contributed by atoms with E-state index in [2.05, 4.69) is 20.9 Å². The molecule has 0 unspecified atom stereocenters. The minimum Gasteiger partial charge on any atom is -0.497 e. The molecule has 3 rings (SSSR count). The number of carbonyl (C=O) groups is 1. The zero-order valence-corrected chi connectivity index (χ0v) is 16.2. The van der Waals surface area contributed by atoms with E-state index in [9.17, 15) is 4.79 Å². The molecule has 1 amide bonds. The standard InChI is InChI=1S/C19H18N4O2S2/c1-25-15-9-7-14(8-10-15)21-18(26)23-19-22-16(12-27-19)17(24)20-11-13-5-3-2-4-6-13/h2-10,12H,11H2,1H3,(H,20,24)(H2,21,22,23,26). The van der Waals surface area contributed by atoms with E-state index >= 15 is 0 Å². The first-order chi connectivity index (χ1) is 13.1. The maximum absolute atomic E-state index is 12.2. The highest BCUT2D eigenvalue weighted by Crippen LogP contribution is 2.18. The number of anilines is 2. The van der Waals surface area contributed by atoms with E-state index in [1.165, 1.54) is 11.3 Å². The summed E-state index contributed by atoms with van der Waals surface area (Å²) in [7, 11) is 1.62. The van der Waals surface area contributed by atoms with Gasteiger partial charge in [-0.15, -0.1) is 11.3 Å². The molecular formula is C19H18N4O2S2. The minimum atomic E-state index is -0.225. The van der Waals surface area contributed by atoms with Gasteiger partial charge in [0.05, 0.1) is 7.11 Å². The molecule has 27 heavy (non-hydrogen) atoms. The number of aromatic nitrogens is 1. The second-order valence-corrected chi connectivity index (χ2v) is 6.78. The molecule has 1 heterocycles. The number of thiocarbonyl (C=S) groups is 1. The highest BCUT2D eigenvalue weighted by molar-refractivity contribution is 7.80. The molecular weight excluding hydrogens is 380 g/mol. The number of ether oxygens (including phenoxy) is 1. The molecule has 0 spiro atoms. The Bertz CT molecular complexity index is 911. The SMILES string of the molecule is COc1ccc(NC(=S)Nc2nc(C(=O)NCc3ccccc3)cs2)cc1. The average molecular weight is 399 g/mol. The predicted molar refractivity (Wildman–Crippen MR) is 113 cm³/mol. The summed E-state index contributed by atoms with van der Waals surface area (Å²) in [4.78, 5) is 16.5. The number of nitrogens with zero attached hydrogens (tertiary/aromatic N) is 1. The number of carbonyl (C=O) groups excluding carboxylic acids is 1. The van der Waals surface area contributed by atoms with Crippen LogP contribution in [-0.4, -0.2) is 23.1 Å². The molecule has 6 nitrogen and oxygen atoms in total. The minimum absolute atomic E-state index is 0.225. The van der Waals surface area contributed by atoms with Gasteiger partial charge in [0.1, 0.15) is 11.4 Å². The van der Waals surface area contributed by atoms with Crippen molar-refractivity contribution in [3.8, 4) is 5.75 Å². The van der Waals surface area contributed by atoms with Crippen LogP contribution in [0.1, 0.15) is 16.1 Å². The lowest BCUT2D eigenvalue weighted by molar-refractivity contribution is 0.0946. The monoisotopic (exact) mass is 398 g/mol. The van der Waals surface area contributed by atoms with E-state index in [1.807, 2.05) is 54.6 Å². The quantitative estimate of drug-likeness (QED) is 0.547. The van der Waals surface area contributed by atoms with Crippen LogP contribution in [0.2, 0.25) is 0 Å². The Kier molecular flexibility index (Phi) is 6.35. The fraction of sp³-hybridized carbons (Fsp3) is 0.105. The molecule has 0 atom stereocenters. The molecule has 1 aromatic heterocycles. The summed E-state index contributed by atoms with van der Waals surface area (Å²) < 4.78 is 5.12. The number of nitrogens with one attached hydrogen (secondary N) is 3. The Balaban J connectivity index is 1.52. The Labute approximate surface area is 166 Å². The number of rotatable bonds is 6. The highest BCUT2D eigenvalue weighted by atomic mass is 32.1. The van der Waals surface area contributed by atoms with Gasteiger partial charge in [0.2, 0.25) is 0 Å². The van der Waals surface area contributed by atoms with Crippen molar-refractivity contribution in [3.05, 3.63) is 71.2 Å². The van der Waals surface area contributed by atoms with Crippen LogP contribution in [-0.2, 0) is 6.54 Å². The maximum atomic E-state index is 12.2. The van der Waals surface area contributed by atoms with Crippen LogP contribution >= 0.6 is 23.6 Å². The molecule has 2 aromatic carbocycles. The van der Waals surface area contributed by atoms with Crippen LogP contribution in [0.25, 0.3) is 0 Å². The van der Waals surface area contributed by atoms with Gasteiger partial charge < -0.3 is 20.7 Å². The number of amides is 1. The van der Waals surface area contributed by atoms with E-state index in [0.29, 0.717) is 22.5 Å². The zero-order valence-electron chi connectivity index (χ0n) is 14.6.